The first-order valence-corrected chi connectivity index (χ1v) is 19.7. The van der Waals surface area contributed by atoms with E-state index in [4.69, 9.17) is 47.7 Å². The van der Waals surface area contributed by atoms with Gasteiger partial charge in [0.15, 0.2) is 25.2 Å². The second-order valence-corrected chi connectivity index (χ2v) is 15.5. The third-order valence-corrected chi connectivity index (χ3v) is 10.7. The average molecular weight is 895 g/mol. The van der Waals surface area contributed by atoms with Gasteiger partial charge in [-0.3, -0.25) is 4.52 Å². The van der Waals surface area contributed by atoms with Crippen molar-refractivity contribution in [3.8, 4) is 0 Å². The molecule has 18 N–H and O–H groups in total. The minimum absolute atomic E-state index is 0.991. The Morgan fingerprint density at radius 3 is 1.54 bits per heavy atom. The maximum atomic E-state index is 11.4. The molecule has 4 fully saturated rings. The maximum absolute atomic E-state index is 11.4. The molecule has 0 saturated carbocycles. The second-order valence-electron chi connectivity index (χ2n) is 14.3. The standard InChI is InChI=1S/C30H55O28P/c1-7-13(38)17(42)26(30(50-7)56-25-16(41)11(5-34)51-28(21(25)46)53-22(9(37)3-32)14(39)8(36)2-31)57-29-20(45)24(15(40)10(4-33)52-29)55-27-19(44)18(43)23(54-27)12(6-35)58-59(47,48)49/h7-46H,2-6H2,1H3,(H2,47,48,49)/t7-,8-,9+,10-,11-,12-,13-,14-,15+,16-,17+,18-,19-,20-,21+,22-,23+,24+,25+,26+,27+,28-,29-,30-/m1/s1. The summed E-state index contributed by atoms with van der Waals surface area (Å²) in [5, 5.41) is 167. The van der Waals surface area contributed by atoms with E-state index in [1.165, 1.54) is 6.92 Å². The minimum Gasteiger partial charge on any atom is -0.394 e. The van der Waals surface area contributed by atoms with Crippen LogP contribution >= 0.6 is 7.82 Å². The monoisotopic (exact) mass is 894 g/mol. The van der Waals surface area contributed by atoms with Crippen LogP contribution in [0.4, 0.5) is 0 Å². The lowest BCUT2D eigenvalue weighted by molar-refractivity contribution is -0.394. The molecule has 28 nitrogen and oxygen atoms in total. The van der Waals surface area contributed by atoms with Crippen LogP contribution in [0.2, 0.25) is 0 Å². The molecule has 4 rings (SSSR count). The predicted octanol–water partition coefficient (Wildman–Crippen LogP) is -11.1. The molecule has 0 spiro atoms. The summed E-state index contributed by atoms with van der Waals surface area (Å²) in [5.41, 5.74) is 0. The number of ether oxygens (including phenoxy) is 8. The third kappa shape index (κ3) is 11.6. The Bertz CT molecular complexity index is 1320. The van der Waals surface area contributed by atoms with Crippen LogP contribution in [0.5, 0.6) is 0 Å². The third-order valence-electron chi connectivity index (χ3n) is 10.2. The molecule has 0 aromatic heterocycles. The summed E-state index contributed by atoms with van der Waals surface area (Å²) in [6.45, 7) is -4.02. The molecule has 24 atom stereocenters. The van der Waals surface area contributed by atoms with Crippen molar-refractivity contribution in [2.24, 2.45) is 0 Å². The van der Waals surface area contributed by atoms with Gasteiger partial charge in [-0.15, -0.1) is 0 Å². The van der Waals surface area contributed by atoms with E-state index in [1.807, 2.05) is 0 Å². The molecule has 0 amide bonds. The van der Waals surface area contributed by atoms with Crippen molar-refractivity contribution >= 4 is 7.82 Å². The van der Waals surface area contributed by atoms with E-state index in [0.29, 0.717) is 0 Å². The molecule has 4 aliphatic heterocycles. The van der Waals surface area contributed by atoms with Crippen LogP contribution in [0.3, 0.4) is 0 Å². The van der Waals surface area contributed by atoms with Crippen LogP contribution < -0.4 is 0 Å². The van der Waals surface area contributed by atoms with E-state index in [9.17, 15) is 86.3 Å². The highest BCUT2D eigenvalue weighted by Gasteiger charge is 2.56. The van der Waals surface area contributed by atoms with E-state index in [1.54, 1.807) is 0 Å². The highest BCUT2D eigenvalue weighted by Crippen LogP contribution is 2.41. The van der Waals surface area contributed by atoms with E-state index >= 15 is 0 Å². The zero-order valence-electron chi connectivity index (χ0n) is 31.0. The van der Waals surface area contributed by atoms with Crippen molar-refractivity contribution in [3.05, 3.63) is 0 Å². The molecule has 0 bridgehead atoms. The maximum Gasteiger partial charge on any atom is 0.470 e. The van der Waals surface area contributed by atoms with Gasteiger partial charge in [0, 0.05) is 0 Å². The molecule has 4 heterocycles. The zero-order chi connectivity index (χ0) is 44.3. The first kappa shape index (κ1) is 50.8. The summed E-state index contributed by atoms with van der Waals surface area (Å²) >= 11 is 0. The first-order valence-electron chi connectivity index (χ1n) is 18.1. The fourth-order valence-electron chi connectivity index (χ4n) is 6.82. The smallest absolute Gasteiger partial charge is 0.394 e. The molecule has 0 radical (unpaired) electrons. The Kier molecular flexibility index (Phi) is 18.7. The predicted molar refractivity (Wildman–Crippen MR) is 178 cm³/mol. The van der Waals surface area contributed by atoms with E-state index in [-0.39, 0.29) is 0 Å². The lowest BCUT2D eigenvalue weighted by atomic mass is 9.96. The number of aliphatic hydroxyl groups is 16. The number of phosphoric acid groups is 1. The van der Waals surface area contributed by atoms with Gasteiger partial charge in [-0.2, -0.15) is 0 Å². The van der Waals surface area contributed by atoms with Crippen LogP contribution in [0.15, 0.2) is 0 Å². The van der Waals surface area contributed by atoms with Crippen molar-refractivity contribution in [1.82, 2.24) is 0 Å². The number of hydrogen-bond donors (Lipinski definition) is 18. The molecule has 59 heavy (non-hydrogen) atoms. The summed E-state index contributed by atoms with van der Waals surface area (Å²) in [5.74, 6) is 0. The van der Waals surface area contributed by atoms with Gasteiger partial charge in [0.05, 0.1) is 39.1 Å². The summed E-state index contributed by atoms with van der Waals surface area (Å²) in [6.07, 6.45) is -47.0. The molecule has 0 unspecified atom stereocenters. The Morgan fingerprint density at radius 1 is 0.542 bits per heavy atom. The van der Waals surface area contributed by atoms with E-state index < -0.39 is 188 Å². The molecule has 29 heteroatoms. The normalized spacial score (nSPS) is 44.8. The summed E-state index contributed by atoms with van der Waals surface area (Å²) in [7, 11) is -5.28. The van der Waals surface area contributed by atoms with Crippen molar-refractivity contribution in [3.63, 3.8) is 0 Å². The summed E-state index contributed by atoms with van der Waals surface area (Å²) in [4.78, 5) is 18.3. The van der Waals surface area contributed by atoms with Crippen LogP contribution in [-0.4, -0.2) is 272 Å². The van der Waals surface area contributed by atoms with Gasteiger partial charge in [-0.05, 0) is 6.92 Å². The molecular weight excluding hydrogens is 839 g/mol. The van der Waals surface area contributed by atoms with Gasteiger partial charge in [0.25, 0.3) is 0 Å². The fourth-order valence-corrected chi connectivity index (χ4v) is 7.36. The number of hydrogen-bond acceptors (Lipinski definition) is 26. The van der Waals surface area contributed by atoms with Gasteiger partial charge in [-0.25, -0.2) is 4.57 Å². The lowest BCUT2D eigenvalue weighted by Gasteiger charge is -2.49. The lowest BCUT2D eigenvalue weighted by Crippen LogP contribution is -2.67. The largest absolute Gasteiger partial charge is 0.470 e. The number of phosphoric ester groups is 1. The SMILES string of the molecule is C[C@H]1O[C@H](O[C@@H]2[C@H](O)[C@@H](O[C@@H]([C@H](O)[C@H](O)CO)[C@@H](O)CO)O[C@H](CO)[C@H]2O)[C@@H](O[C@H]2O[C@H](CO)[C@H](O)[C@H](O[C@@H]3O[C@@H]([C@@H](CO)OP(=O)(O)O)[C@H](O)[C@H]3O)[C@H]2O)[C@@H](O)[C@@H]1O. The van der Waals surface area contributed by atoms with Gasteiger partial charge in [-0.1, -0.05) is 0 Å². The molecule has 4 aliphatic rings. The van der Waals surface area contributed by atoms with Gasteiger partial charge >= 0.3 is 7.82 Å². The van der Waals surface area contributed by atoms with Gasteiger partial charge in [0.2, 0.25) is 0 Å². The quantitative estimate of drug-likeness (QED) is 0.0535. The van der Waals surface area contributed by atoms with Crippen LogP contribution in [-0.2, 0) is 47.0 Å². The Hall–Kier alpha value is -0.850. The first-order chi connectivity index (χ1) is 27.6. The van der Waals surface area contributed by atoms with Crippen molar-refractivity contribution in [1.29, 1.82) is 0 Å². The molecule has 348 valence electrons. The Labute approximate surface area is 333 Å². The molecular formula is C30H55O28P. The van der Waals surface area contributed by atoms with Crippen molar-refractivity contribution < 1.29 is 138 Å². The topological polar surface area (TPSA) is 464 Å². The summed E-state index contributed by atoms with van der Waals surface area (Å²) in [6, 6.07) is 0. The van der Waals surface area contributed by atoms with Crippen LogP contribution in [0.25, 0.3) is 0 Å². The highest BCUT2D eigenvalue weighted by atomic mass is 31.2. The van der Waals surface area contributed by atoms with Gasteiger partial charge in [0.1, 0.15) is 116 Å². The minimum atomic E-state index is -5.28. The van der Waals surface area contributed by atoms with Crippen molar-refractivity contribution in [2.45, 2.75) is 154 Å². The molecule has 0 aromatic carbocycles. The van der Waals surface area contributed by atoms with E-state index in [0.717, 1.165) is 0 Å². The Balaban J connectivity index is 1.58. The second kappa shape index (κ2) is 21.7. The summed E-state index contributed by atoms with van der Waals surface area (Å²) < 4.78 is 60.2. The molecule has 0 aliphatic carbocycles. The van der Waals surface area contributed by atoms with Crippen LogP contribution in [0.1, 0.15) is 6.92 Å². The average Bonchev–Trinajstić information content (AvgIpc) is 3.48. The van der Waals surface area contributed by atoms with Gasteiger partial charge < -0.3 is 129 Å². The molecule has 4 saturated heterocycles. The van der Waals surface area contributed by atoms with Crippen molar-refractivity contribution in [2.75, 3.05) is 33.0 Å². The van der Waals surface area contributed by atoms with Crippen LogP contribution in [0, 0.1) is 0 Å². The molecule has 0 aromatic rings. The van der Waals surface area contributed by atoms with E-state index in [2.05, 4.69) is 4.52 Å². The fraction of sp³-hybridized carbons (Fsp3) is 1.00. The zero-order valence-corrected chi connectivity index (χ0v) is 31.9. The highest BCUT2D eigenvalue weighted by molar-refractivity contribution is 7.46. The Morgan fingerprint density at radius 2 is 1.03 bits per heavy atom. The number of rotatable bonds is 19. The number of aliphatic hydroxyl groups excluding tert-OH is 16.